The van der Waals surface area contributed by atoms with Gasteiger partial charge >= 0.3 is 0 Å². The lowest BCUT2D eigenvalue weighted by molar-refractivity contribution is 0.102. The number of carbonyl (C=O) groups is 1. The highest BCUT2D eigenvalue weighted by atomic mass is 16.5. The summed E-state index contributed by atoms with van der Waals surface area (Å²) >= 11 is 0. The molecule has 0 fully saturated rings. The quantitative estimate of drug-likeness (QED) is 0.766. The van der Waals surface area contributed by atoms with Crippen LogP contribution >= 0.6 is 0 Å². The largest absolute Gasteiger partial charge is 0.496 e. The molecule has 0 spiro atoms. The Bertz CT molecular complexity index is 893. The van der Waals surface area contributed by atoms with Gasteiger partial charge in [0.25, 0.3) is 5.91 Å². The average Bonchev–Trinajstić information content (AvgIpc) is 3.04. The van der Waals surface area contributed by atoms with Gasteiger partial charge < -0.3 is 19.4 Å². The van der Waals surface area contributed by atoms with Crippen molar-refractivity contribution in [1.29, 1.82) is 0 Å². The molecule has 1 amide bonds. The third-order valence-corrected chi connectivity index (χ3v) is 4.04. The Kier molecular flexibility index (Phi) is 4.61. The molecule has 0 atom stereocenters. The number of hydrogen-bond donors (Lipinski definition) is 1. The first kappa shape index (κ1) is 16.8. The molecule has 1 N–H and O–H groups in total. The Morgan fingerprint density at radius 2 is 1.80 bits per heavy atom. The smallest absolute Gasteiger partial charge is 0.263 e. The summed E-state index contributed by atoms with van der Waals surface area (Å²) < 4.78 is 12.7. The fraction of sp³-hybridized carbons (Fsp3) is 0.263. The highest BCUT2D eigenvalue weighted by Crippen LogP contribution is 2.29. The molecule has 1 aromatic heterocycles. The number of carbonyl (C=O) groups excluding carboxylic acids is 1. The van der Waals surface area contributed by atoms with Crippen LogP contribution in [0.4, 0.5) is 5.69 Å². The van der Waals surface area contributed by atoms with Crippen LogP contribution in [0.3, 0.4) is 0 Å². The third kappa shape index (κ3) is 3.15. The van der Waals surface area contributed by atoms with Crippen LogP contribution in [-0.4, -0.2) is 29.7 Å². The molecule has 3 aromatic rings. The van der Waals surface area contributed by atoms with Gasteiger partial charge in [-0.1, -0.05) is 6.07 Å². The highest BCUT2D eigenvalue weighted by molar-refractivity contribution is 6.08. The monoisotopic (exact) mass is 339 g/mol. The van der Waals surface area contributed by atoms with E-state index in [2.05, 4.69) is 28.7 Å². The van der Waals surface area contributed by atoms with Crippen LogP contribution in [0.1, 0.15) is 30.2 Å². The van der Waals surface area contributed by atoms with E-state index >= 15 is 0 Å². The van der Waals surface area contributed by atoms with Gasteiger partial charge in [0.1, 0.15) is 17.1 Å². The summed E-state index contributed by atoms with van der Waals surface area (Å²) in [5, 5.41) is 2.89. The summed E-state index contributed by atoms with van der Waals surface area (Å²) in [6, 6.07) is 11.2. The SMILES string of the molecule is COc1cccc(OC)c1C(=O)Nc1ccc2c(c1)ncn2C(C)C. The molecule has 0 unspecified atom stereocenters. The predicted molar refractivity (Wildman–Crippen MR) is 97.6 cm³/mol. The Hall–Kier alpha value is -3.02. The van der Waals surface area contributed by atoms with Crippen molar-refractivity contribution in [2.24, 2.45) is 0 Å². The maximum atomic E-state index is 12.7. The first-order chi connectivity index (χ1) is 12.0. The lowest BCUT2D eigenvalue weighted by Crippen LogP contribution is -2.14. The molecule has 25 heavy (non-hydrogen) atoms. The third-order valence-electron chi connectivity index (χ3n) is 4.04. The molecule has 0 saturated heterocycles. The summed E-state index contributed by atoms with van der Waals surface area (Å²) in [6.07, 6.45) is 1.81. The van der Waals surface area contributed by atoms with E-state index in [1.165, 1.54) is 14.2 Å². The van der Waals surface area contributed by atoms with Crippen LogP contribution in [0.25, 0.3) is 11.0 Å². The summed E-state index contributed by atoms with van der Waals surface area (Å²) in [7, 11) is 3.05. The van der Waals surface area contributed by atoms with Crippen molar-refractivity contribution in [2.75, 3.05) is 19.5 Å². The van der Waals surface area contributed by atoms with E-state index in [4.69, 9.17) is 9.47 Å². The molecule has 6 nitrogen and oxygen atoms in total. The van der Waals surface area contributed by atoms with Gasteiger partial charge in [-0.15, -0.1) is 0 Å². The lowest BCUT2D eigenvalue weighted by atomic mass is 10.1. The van der Waals surface area contributed by atoms with Crippen LogP contribution in [0.5, 0.6) is 11.5 Å². The lowest BCUT2D eigenvalue weighted by Gasteiger charge is -2.13. The molecule has 0 radical (unpaired) electrons. The summed E-state index contributed by atoms with van der Waals surface area (Å²) in [6.45, 7) is 4.20. The maximum absolute atomic E-state index is 12.7. The number of ether oxygens (including phenoxy) is 2. The van der Waals surface area contributed by atoms with E-state index in [0.717, 1.165) is 11.0 Å². The van der Waals surface area contributed by atoms with Crippen LogP contribution < -0.4 is 14.8 Å². The molecule has 0 aliphatic carbocycles. The van der Waals surface area contributed by atoms with E-state index in [0.29, 0.717) is 28.8 Å². The highest BCUT2D eigenvalue weighted by Gasteiger charge is 2.18. The van der Waals surface area contributed by atoms with Gasteiger partial charge in [0.2, 0.25) is 0 Å². The fourth-order valence-electron chi connectivity index (χ4n) is 2.79. The van der Waals surface area contributed by atoms with E-state index < -0.39 is 0 Å². The molecular formula is C19H21N3O3. The zero-order valence-corrected chi connectivity index (χ0v) is 14.7. The Morgan fingerprint density at radius 3 is 2.40 bits per heavy atom. The van der Waals surface area contributed by atoms with Crippen molar-refractivity contribution >= 4 is 22.6 Å². The Labute approximate surface area is 146 Å². The summed E-state index contributed by atoms with van der Waals surface area (Å²) in [4.78, 5) is 17.1. The first-order valence-corrected chi connectivity index (χ1v) is 8.04. The number of aromatic nitrogens is 2. The maximum Gasteiger partial charge on any atom is 0.263 e. The number of imidazole rings is 1. The van der Waals surface area contributed by atoms with E-state index in [9.17, 15) is 4.79 Å². The number of benzene rings is 2. The van der Waals surface area contributed by atoms with Crippen LogP contribution in [0.2, 0.25) is 0 Å². The second kappa shape index (κ2) is 6.84. The zero-order chi connectivity index (χ0) is 18.0. The van der Waals surface area contributed by atoms with Crippen molar-refractivity contribution in [3.63, 3.8) is 0 Å². The van der Waals surface area contributed by atoms with E-state index in [1.54, 1.807) is 18.2 Å². The first-order valence-electron chi connectivity index (χ1n) is 8.04. The number of nitrogens with zero attached hydrogens (tertiary/aromatic N) is 2. The summed E-state index contributed by atoms with van der Waals surface area (Å²) in [5.41, 5.74) is 2.89. The Morgan fingerprint density at radius 1 is 1.12 bits per heavy atom. The molecule has 0 bridgehead atoms. The van der Waals surface area contributed by atoms with E-state index in [-0.39, 0.29) is 5.91 Å². The van der Waals surface area contributed by atoms with Gasteiger partial charge in [0, 0.05) is 11.7 Å². The van der Waals surface area contributed by atoms with Crippen molar-refractivity contribution in [2.45, 2.75) is 19.9 Å². The molecule has 1 heterocycles. The molecule has 2 aromatic carbocycles. The number of methoxy groups -OCH3 is 2. The fourth-order valence-corrected chi connectivity index (χ4v) is 2.79. The van der Waals surface area contributed by atoms with Crippen molar-refractivity contribution in [3.8, 4) is 11.5 Å². The number of amides is 1. The van der Waals surface area contributed by atoms with Gasteiger partial charge in [-0.05, 0) is 44.2 Å². The number of nitrogens with one attached hydrogen (secondary N) is 1. The van der Waals surface area contributed by atoms with Gasteiger partial charge in [0.15, 0.2) is 0 Å². The second-order valence-electron chi connectivity index (χ2n) is 5.94. The molecule has 3 rings (SSSR count). The van der Waals surface area contributed by atoms with Crippen LogP contribution in [0.15, 0.2) is 42.7 Å². The van der Waals surface area contributed by atoms with Gasteiger partial charge in [-0.2, -0.15) is 0 Å². The molecule has 6 heteroatoms. The normalized spacial score (nSPS) is 10.9. The molecule has 0 aliphatic rings. The standard InChI is InChI=1S/C19H21N3O3/c1-12(2)22-11-20-14-10-13(8-9-15(14)22)21-19(23)18-16(24-3)6-5-7-17(18)25-4/h5-12H,1-4H3,(H,21,23). The number of anilines is 1. The van der Waals surface area contributed by atoms with Gasteiger partial charge in [-0.3, -0.25) is 4.79 Å². The second-order valence-corrected chi connectivity index (χ2v) is 5.94. The topological polar surface area (TPSA) is 65.4 Å². The minimum Gasteiger partial charge on any atom is -0.496 e. The molecule has 0 aliphatic heterocycles. The zero-order valence-electron chi connectivity index (χ0n) is 14.7. The van der Waals surface area contributed by atoms with E-state index in [1.807, 2.05) is 24.5 Å². The van der Waals surface area contributed by atoms with Crippen molar-refractivity contribution < 1.29 is 14.3 Å². The number of fused-ring (bicyclic) bond motifs is 1. The van der Waals surface area contributed by atoms with Crippen molar-refractivity contribution in [3.05, 3.63) is 48.3 Å². The Balaban J connectivity index is 1.93. The average molecular weight is 339 g/mol. The van der Waals surface area contributed by atoms with Gasteiger partial charge in [-0.25, -0.2) is 4.98 Å². The number of hydrogen-bond acceptors (Lipinski definition) is 4. The molecule has 0 saturated carbocycles. The van der Waals surface area contributed by atoms with Gasteiger partial charge in [0.05, 0.1) is 31.6 Å². The molecule has 130 valence electrons. The van der Waals surface area contributed by atoms with Crippen LogP contribution in [-0.2, 0) is 0 Å². The molecular weight excluding hydrogens is 318 g/mol. The van der Waals surface area contributed by atoms with Crippen LogP contribution in [0, 0.1) is 0 Å². The number of rotatable bonds is 5. The minimum absolute atomic E-state index is 0.294. The van der Waals surface area contributed by atoms with Crippen molar-refractivity contribution in [1.82, 2.24) is 9.55 Å². The minimum atomic E-state index is -0.294. The predicted octanol–water partition coefficient (Wildman–Crippen LogP) is 3.89. The summed E-state index contributed by atoms with van der Waals surface area (Å²) in [5.74, 6) is 0.626.